The molecule has 0 aliphatic carbocycles. The van der Waals surface area contributed by atoms with Gasteiger partial charge in [0.1, 0.15) is 0 Å². The van der Waals surface area contributed by atoms with Gasteiger partial charge in [-0.05, 0) is 24.3 Å². The summed E-state index contributed by atoms with van der Waals surface area (Å²) >= 11 is 0. The molecular weight excluding hydrogens is 384 g/mol. The van der Waals surface area contributed by atoms with Crippen LogP contribution in [-0.4, -0.2) is 35.6 Å². The molecular formula is C22H23N4O4+. The Labute approximate surface area is 173 Å². The summed E-state index contributed by atoms with van der Waals surface area (Å²) < 4.78 is 12.6. The van der Waals surface area contributed by atoms with Crippen molar-refractivity contribution in [2.24, 2.45) is 5.92 Å². The van der Waals surface area contributed by atoms with Crippen LogP contribution in [0.25, 0.3) is 10.9 Å². The lowest BCUT2D eigenvalue weighted by atomic mass is 9.96. The number of nitrogens with zero attached hydrogens (tertiary/aromatic N) is 2. The highest BCUT2D eigenvalue weighted by Gasteiger charge is 2.28. The molecule has 1 fully saturated rings. The second kappa shape index (κ2) is 7.79. The zero-order valence-corrected chi connectivity index (χ0v) is 16.5. The predicted molar refractivity (Wildman–Crippen MR) is 111 cm³/mol. The Balaban J connectivity index is 1.20. The average molecular weight is 407 g/mol. The minimum absolute atomic E-state index is 0.0158. The van der Waals surface area contributed by atoms with Crippen molar-refractivity contribution in [1.29, 1.82) is 0 Å². The maximum Gasteiger partial charge on any atom is 0.231 e. The van der Waals surface area contributed by atoms with Crippen LogP contribution in [0.4, 0.5) is 5.69 Å². The molecule has 2 N–H and O–H groups in total. The second-order valence-corrected chi connectivity index (χ2v) is 7.77. The van der Waals surface area contributed by atoms with Crippen LogP contribution >= 0.6 is 0 Å². The van der Waals surface area contributed by atoms with E-state index in [0.717, 1.165) is 37.1 Å². The monoisotopic (exact) mass is 407 g/mol. The van der Waals surface area contributed by atoms with Crippen molar-refractivity contribution in [2.45, 2.75) is 19.5 Å². The lowest BCUT2D eigenvalue weighted by Crippen LogP contribution is -3.12. The van der Waals surface area contributed by atoms with Gasteiger partial charge in [-0.25, -0.2) is 4.68 Å². The number of aromatic nitrogens is 2. The molecule has 30 heavy (non-hydrogen) atoms. The van der Waals surface area contributed by atoms with E-state index in [1.807, 2.05) is 41.1 Å². The zero-order valence-electron chi connectivity index (χ0n) is 16.5. The molecule has 5 rings (SSSR count). The van der Waals surface area contributed by atoms with Gasteiger partial charge in [0.2, 0.25) is 18.1 Å². The van der Waals surface area contributed by atoms with E-state index in [1.54, 1.807) is 6.07 Å². The summed E-state index contributed by atoms with van der Waals surface area (Å²) in [6.45, 7) is 2.65. The molecule has 154 valence electrons. The van der Waals surface area contributed by atoms with Gasteiger partial charge in [-0.15, -0.1) is 0 Å². The SMILES string of the molecule is O=C(Nc1ccc2c(c1)OCO2)C1CC[NH+](Cn2ncc(=O)c3ccccc32)CC1. The lowest BCUT2D eigenvalue weighted by Gasteiger charge is -2.29. The summed E-state index contributed by atoms with van der Waals surface area (Å²) in [7, 11) is 0. The molecule has 0 spiro atoms. The third kappa shape index (κ3) is 3.61. The topological polar surface area (TPSA) is 86.9 Å². The van der Waals surface area contributed by atoms with Gasteiger partial charge in [0, 0.05) is 35.9 Å². The summed E-state index contributed by atoms with van der Waals surface area (Å²) in [6, 6.07) is 13.0. The maximum atomic E-state index is 12.7. The minimum atomic E-state index is -0.0595. The van der Waals surface area contributed by atoms with Crippen molar-refractivity contribution >= 4 is 22.5 Å². The number of rotatable bonds is 4. The molecule has 0 saturated carbocycles. The molecule has 1 saturated heterocycles. The number of anilines is 1. The first kappa shape index (κ1) is 18.6. The number of quaternary nitrogens is 1. The quantitative estimate of drug-likeness (QED) is 0.674. The fourth-order valence-corrected chi connectivity index (χ4v) is 4.16. The number of ether oxygens (including phenoxy) is 2. The molecule has 2 aliphatic heterocycles. The van der Waals surface area contributed by atoms with Crippen molar-refractivity contribution in [3.63, 3.8) is 0 Å². The van der Waals surface area contributed by atoms with Crippen LogP contribution < -0.4 is 25.1 Å². The number of likely N-dealkylation sites (tertiary alicyclic amines) is 1. The Morgan fingerprint density at radius 3 is 2.80 bits per heavy atom. The van der Waals surface area contributed by atoms with Crippen molar-refractivity contribution in [3.8, 4) is 11.5 Å². The van der Waals surface area contributed by atoms with E-state index in [4.69, 9.17) is 9.47 Å². The normalized spacial score (nSPS) is 20.3. The number of piperidine rings is 1. The molecule has 2 aliphatic rings. The molecule has 1 amide bonds. The molecule has 3 aromatic rings. The Morgan fingerprint density at radius 1 is 1.13 bits per heavy atom. The number of benzene rings is 2. The van der Waals surface area contributed by atoms with Gasteiger partial charge in [-0.1, -0.05) is 12.1 Å². The Bertz CT molecular complexity index is 1150. The summed E-state index contributed by atoms with van der Waals surface area (Å²) in [4.78, 5) is 26.1. The highest BCUT2D eigenvalue weighted by atomic mass is 16.7. The number of hydrogen-bond acceptors (Lipinski definition) is 5. The van der Waals surface area contributed by atoms with Crippen molar-refractivity contribution in [3.05, 3.63) is 58.9 Å². The Hall–Kier alpha value is -3.39. The second-order valence-electron chi connectivity index (χ2n) is 7.77. The van der Waals surface area contributed by atoms with Gasteiger partial charge in [0.25, 0.3) is 0 Å². The molecule has 8 heteroatoms. The van der Waals surface area contributed by atoms with Gasteiger partial charge < -0.3 is 19.7 Å². The number of fused-ring (bicyclic) bond motifs is 2. The maximum absolute atomic E-state index is 12.7. The Morgan fingerprint density at radius 2 is 1.93 bits per heavy atom. The average Bonchev–Trinajstić information content (AvgIpc) is 3.24. The lowest BCUT2D eigenvalue weighted by molar-refractivity contribution is -0.928. The minimum Gasteiger partial charge on any atom is -0.454 e. The number of hydrogen-bond donors (Lipinski definition) is 2. The van der Waals surface area contributed by atoms with Crippen LogP contribution in [0.15, 0.2) is 53.5 Å². The van der Waals surface area contributed by atoms with Crippen LogP contribution in [0, 0.1) is 5.92 Å². The van der Waals surface area contributed by atoms with E-state index in [0.29, 0.717) is 23.6 Å². The molecule has 3 heterocycles. The molecule has 0 radical (unpaired) electrons. The van der Waals surface area contributed by atoms with Crippen LogP contribution in [-0.2, 0) is 11.5 Å². The predicted octanol–water partition coefficient (Wildman–Crippen LogP) is 1.02. The number of carbonyl (C=O) groups excluding carboxylic acids is 1. The largest absolute Gasteiger partial charge is 0.454 e. The van der Waals surface area contributed by atoms with Crippen LogP contribution in [0.5, 0.6) is 11.5 Å². The summed E-state index contributed by atoms with van der Waals surface area (Å²) in [5, 5.41) is 8.01. The number of para-hydroxylation sites is 1. The fourth-order valence-electron chi connectivity index (χ4n) is 4.16. The van der Waals surface area contributed by atoms with Crippen molar-refractivity contribution in [2.75, 3.05) is 25.2 Å². The number of amides is 1. The van der Waals surface area contributed by atoms with Crippen LogP contribution in [0.1, 0.15) is 12.8 Å². The van der Waals surface area contributed by atoms with Crippen molar-refractivity contribution < 1.29 is 19.2 Å². The highest BCUT2D eigenvalue weighted by molar-refractivity contribution is 5.93. The first-order chi connectivity index (χ1) is 14.7. The van der Waals surface area contributed by atoms with E-state index in [1.165, 1.54) is 11.1 Å². The van der Waals surface area contributed by atoms with E-state index in [2.05, 4.69) is 10.4 Å². The molecule has 1 aromatic heterocycles. The van der Waals surface area contributed by atoms with E-state index >= 15 is 0 Å². The fraction of sp³-hybridized carbons (Fsp3) is 0.318. The van der Waals surface area contributed by atoms with E-state index in [-0.39, 0.29) is 24.0 Å². The van der Waals surface area contributed by atoms with Crippen LogP contribution in [0.3, 0.4) is 0 Å². The van der Waals surface area contributed by atoms with Gasteiger partial charge in [-0.3, -0.25) is 9.59 Å². The molecule has 0 bridgehead atoms. The smallest absolute Gasteiger partial charge is 0.231 e. The Kier molecular flexibility index (Phi) is 4.84. The van der Waals surface area contributed by atoms with E-state index in [9.17, 15) is 9.59 Å². The summed E-state index contributed by atoms with van der Waals surface area (Å²) in [6.07, 6.45) is 3.00. The first-order valence-corrected chi connectivity index (χ1v) is 10.2. The van der Waals surface area contributed by atoms with Gasteiger partial charge >= 0.3 is 0 Å². The zero-order chi connectivity index (χ0) is 20.5. The number of carbonyl (C=O) groups is 1. The molecule has 2 aromatic carbocycles. The summed E-state index contributed by atoms with van der Waals surface area (Å²) in [5.74, 6) is 1.39. The van der Waals surface area contributed by atoms with E-state index < -0.39 is 0 Å². The van der Waals surface area contributed by atoms with Gasteiger partial charge in [0.15, 0.2) is 18.2 Å². The van der Waals surface area contributed by atoms with Crippen LogP contribution in [0.2, 0.25) is 0 Å². The van der Waals surface area contributed by atoms with Crippen molar-refractivity contribution in [1.82, 2.24) is 9.78 Å². The third-order valence-corrected chi connectivity index (χ3v) is 5.84. The molecule has 0 unspecified atom stereocenters. The van der Waals surface area contributed by atoms with Gasteiger partial charge in [-0.2, -0.15) is 5.10 Å². The molecule has 0 atom stereocenters. The summed E-state index contributed by atoms with van der Waals surface area (Å²) in [5.41, 5.74) is 1.51. The first-order valence-electron chi connectivity index (χ1n) is 10.2. The number of nitrogens with one attached hydrogen (secondary N) is 2. The standard InChI is InChI=1S/C22H22N4O4/c27-19-12-23-26(18-4-2-1-3-17(18)19)13-25-9-7-15(8-10-25)22(28)24-16-5-6-20-21(11-16)30-14-29-20/h1-6,11-12,15H,7-10,13-14H2,(H,24,28)/p+1. The third-order valence-electron chi connectivity index (χ3n) is 5.84. The highest BCUT2D eigenvalue weighted by Crippen LogP contribution is 2.34. The van der Waals surface area contributed by atoms with Gasteiger partial charge in [0.05, 0.1) is 24.8 Å². The molecule has 8 nitrogen and oxygen atoms in total.